The van der Waals surface area contributed by atoms with Crippen LogP contribution in [0.2, 0.25) is 0 Å². The van der Waals surface area contributed by atoms with E-state index in [9.17, 15) is 0 Å². The summed E-state index contributed by atoms with van der Waals surface area (Å²) in [4.78, 5) is 4.27. The van der Waals surface area contributed by atoms with Crippen LogP contribution in [0.25, 0.3) is 0 Å². The van der Waals surface area contributed by atoms with Crippen molar-refractivity contribution in [2.45, 2.75) is 38.5 Å². The maximum Gasteiger partial charge on any atom is 0.216 e. The summed E-state index contributed by atoms with van der Waals surface area (Å²) in [6.07, 6.45) is 7.03. The molecule has 0 unspecified atom stereocenters. The molecule has 0 atom stereocenters. The number of ether oxygens (including phenoxy) is 1. The standard InChI is InChI=1S/C13H19NO/c1-10-5-7-11(8-6-10)12-4-3-9-14-13(12)15-2/h3-4,9-11H,5-8H2,1-2H3. The van der Waals surface area contributed by atoms with E-state index in [4.69, 9.17) is 4.74 Å². The summed E-state index contributed by atoms with van der Waals surface area (Å²) in [7, 11) is 1.71. The van der Waals surface area contributed by atoms with Gasteiger partial charge in [-0.15, -0.1) is 0 Å². The van der Waals surface area contributed by atoms with Gasteiger partial charge in [0.15, 0.2) is 0 Å². The molecule has 82 valence electrons. The Morgan fingerprint density at radius 2 is 2.00 bits per heavy atom. The minimum absolute atomic E-state index is 0.657. The van der Waals surface area contributed by atoms with Crippen molar-refractivity contribution in [2.24, 2.45) is 5.92 Å². The predicted octanol–water partition coefficient (Wildman–Crippen LogP) is 3.38. The third kappa shape index (κ3) is 2.31. The second-order valence-electron chi connectivity index (χ2n) is 4.56. The minimum atomic E-state index is 0.657. The van der Waals surface area contributed by atoms with Crippen molar-refractivity contribution in [3.05, 3.63) is 23.9 Å². The van der Waals surface area contributed by atoms with Crippen molar-refractivity contribution in [1.82, 2.24) is 4.98 Å². The lowest BCUT2D eigenvalue weighted by molar-refractivity contribution is 0.332. The zero-order valence-corrected chi connectivity index (χ0v) is 9.57. The fourth-order valence-corrected chi connectivity index (χ4v) is 2.46. The summed E-state index contributed by atoms with van der Waals surface area (Å²) in [5.74, 6) is 2.37. The Morgan fingerprint density at radius 1 is 1.27 bits per heavy atom. The molecule has 1 aliphatic rings. The quantitative estimate of drug-likeness (QED) is 0.738. The molecule has 2 nitrogen and oxygen atoms in total. The van der Waals surface area contributed by atoms with E-state index in [0.29, 0.717) is 5.92 Å². The van der Waals surface area contributed by atoms with E-state index in [2.05, 4.69) is 18.0 Å². The van der Waals surface area contributed by atoms with Crippen molar-refractivity contribution < 1.29 is 4.74 Å². The van der Waals surface area contributed by atoms with Gasteiger partial charge in [0.2, 0.25) is 5.88 Å². The lowest BCUT2D eigenvalue weighted by Gasteiger charge is -2.26. The van der Waals surface area contributed by atoms with Crippen LogP contribution in [0.5, 0.6) is 5.88 Å². The molecule has 0 radical (unpaired) electrons. The Hall–Kier alpha value is -1.05. The van der Waals surface area contributed by atoms with Crippen molar-refractivity contribution in [1.29, 1.82) is 0 Å². The third-order valence-corrected chi connectivity index (χ3v) is 3.45. The van der Waals surface area contributed by atoms with E-state index in [1.165, 1.54) is 31.2 Å². The summed E-state index contributed by atoms with van der Waals surface area (Å²) in [6.45, 7) is 2.34. The largest absolute Gasteiger partial charge is 0.481 e. The van der Waals surface area contributed by atoms with Crippen molar-refractivity contribution in [3.63, 3.8) is 0 Å². The number of methoxy groups -OCH3 is 1. The van der Waals surface area contributed by atoms with Crippen LogP contribution in [0.15, 0.2) is 18.3 Å². The van der Waals surface area contributed by atoms with E-state index >= 15 is 0 Å². The summed E-state index contributed by atoms with van der Waals surface area (Å²) in [5, 5.41) is 0. The Labute approximate surface area is 91.7 Å². The fraction of sp³-hybridized carbons (Fsp3) is 0.615. The van der Waals surface area contributed by atoms with E-state index in [-0.39, 0.29) is 0 Å². The summed E-state index contributed by atoms with van der Waals surface area (Å²) in [5.41, 5.74) is 1.30. The molecular formula is C13H19NO. The Morgan fingerprint density at radius 3 is 2.67 bits per heavy atom. The first-order valence-corrected chi connectivity index (χ1v) is 5.80. The minimum Gasteiger partial charge on any atom is -0.481 e. The molecule has 0 aromatic carbocycles. The molecule has 1 aromatic heterocycles. The van der Waals surface area contributed by atoms with Gasteiger partial charge in [-0.2, -0.15) is 0 Å². The molecular weight excluding hydrogens is 186 g/mol. The fourth-order valence-electron chi connectivity index (χ4n) is 2.46. The maximum absolute atomic E-state index is 5.31. The molecule has 1 aliphatic carbocycles. The van der Waals surface area contributed by atoms with Crippen LogP contribution in [0.3, 0.4) is 0 Å². The van der Waals surface area contributed by atoms with Crippen LogP contribution in [0, 0.1) is 5.92 Å². The van der Waals surface area contributed by atoms with Crippen molar-refractivity contribution in [3.8, 4) is 5.88 Å². The van der Waals surface area contributed by atoms with E-state index in [1.807, 2.05) is 6.07 Å². The zero-order chi connectivity index (χ0) is 10.7. The number of hydrogen-bond donors (Lipinski definition) is 0. The Kier molecular flexibility index (Phi) is 3.24. The molecule has 0 N–H and O–H groups in total. The van der Waals surface area contributed by atoms with Gasteiger partial charge in [0.25, 0.3) is 0 Å². The average Bonchev–Trinajstić information content (AvgIpc) is 2.30. The molecule has 0 bridgehead atoms. The van der Waals surface area contributed by atoms with Crippen LogP contribution >= 0.6 is 0 Å². The number of pyridine rings is 1. The summed E-state index contributed by atoms with van der Waals surface area (Å²) >= 11 is 0. The lowest BCUT2D eigenvalue weighted by atomic mass is 9.80. The highest BCUT2D eigenvalue weighted by Crippen LogP contribution is 2.38. The molecule has 15 heavy (non-hydrogen) atoms. The first-order valence-electron chi connectivity index (χ1n) is 5.80. The Balaban J connectivity index is 2.15. The highest BCUT2D eigenvalue weighted by Gasteiger charge is 2.22. The molecule has 2 rings (SSSR count). The van der Waals surface area contributed by atoms with Crippen LogP contribution in [0.1, 0.15) is 44.1 Å². The molecule has 1 aromatic rings. The maximum atomic E-state index is 5.31. The molecule has 0 amide bonds. The van der Waals surface area contributed by atoms with Gasteiger partial charge >= 0.3 is 0 Å². The highest BCUT2D eigenvalue weighted by molar-refractivity contribution is 5.29. The van der Waals surface area contributed by atoms with E-state index in [0.717, 1.165) is 11.8 Å². The molecule has 1 saturated carbocycles. The van der Waals surface area contributed by atoms with Crippen LogP contribution < -0.4 is 4.74 Å². The first kappa shape index (κ1) is 10.5. The van der Waals surface area contributed by atoms with E-state index in [1.54, 1.807) is 13.3 Å². The van der Waals surface area contributed by atoms with Gasteiger partial charge in [-0.3, -0.25) is 0 Å². The van der Waals surface area contributed by atoms with E-state index < -0.39 is 0 Å². The average molecular weight is 205 g/mol. The first-order chi connectivity index (χ1) is 7.31. The monoisotopic (exact) mass is 205 g/mol. The molecule has 2 heteroatoms. The molecule has 0 spiro atoms. The topological polar surface area (TPSA) is 22.1 Å². The van der Waals surface area contributed by atoms with Crippen LogP contribution in [-0.4, -0.2) is 12.1 Å². The SMILES string of the molecule is COc1ncccc1C1CCC(C)CC1. The van der Waals surface area contributed by atoms with Crippen LogP contribution in [0.4, 0.5) is 0 Å². The van der Waals surface area contributed by atoms with Crippen LogP contribution in [-0.2, 0) is 0 Å². The number of aromatic nitrogens is 1. The molecule has 0 saturated heterocycles. The van der Waals surface area contributed by atoms with Gasteiger partial charge in [-0.1, -0.05) is 25.8 Å². The summed E-state index contributed by atoms with van der Waals surface area (Å²) < 4.78 is 5.31. The highest BCUT2D eigenvalue weighted by atomic mass is 16.5. The lowest BCUT2D eigenvalue weighted by Crippen LogP contribution is -2.12. The zero-order valence-electron chi connectivity index (χ0n) is 9.57. The second kappa shape index (κ2) is 4.65. The van der Waals surface area contributed by atoms with Gasteiger partial charge in [0, 0.05) is 11.8 Å². The number of hydrogen-bond acceptors (Lipinski definition) is 2. The Bertz CT molecular complexity index is 316. The van der Waals surface area contributed by atoms with Crippen molar-refractivity contribution >= 4 is 0 Å². The van der Waals surface area contributed by atoms with Gasteiger partial charge in [-0.25, -0.2) is 4.98 Å². The van der Waals surface area contributed by atoms with Gasteiger partial charge in [0.1, 0.15) is 0 Å². The van der Waals surface area contributed by atoms with Gasteiger partial charge < -0.3 is 4.74 Å². The molecule has 0 aliphatic heterocycles. The third-order valence-electron chi connectivity index (χ3n) is 3.45. The predicted molar refractivity (Wildman–Crippen MR) is 61.2 cm³/mol. The number of nitrogens with zero attached hydrogens (tertiary/aromatic N) is 1. The normalized spacial score (nSPS) is 26.3. The number of rotatable bonds is 2. The van der Waals surface area contributed by atoms with Crippen molar-refractivity contribution in [2.75, 3.05) is 7.11 Å². The summed E-state index contributed by atoms with van der Waals surface area (Å²) in [6, 6.07) is 4.17. The van der Waals surface area contributed by atoms with Gasteiger partial charge in [-0.05, 0) is 30.7 Å². The smallest absolute Gasteiger partial charge is 0.216 e. The van der Waals surface area contributed by atoms with Gasteiger partial charge in [0.05, 0.1) is 7.11 Å². The molecule has 1 heterocycles. The molecule has 1 fully saturated rings. The second-order valence-corrected chi connectivity index (χ2v) is 4.56.